The van der Waals surface area contributed by atoms with Gasteiger partial charge in [0.25, 0.3) is 0 Å². The Hall–Kier alpha value is -0.716. The average Bonchev–Trinajstić information content (AvgIpc) is 2.88. The number of hydrogen-bond donors (Lipinski definition) is 3. The molecule has 0 heterocycles. The molecule has 4 N–H and O–H groups in total. The molecule has 0 aliphatic rings. The van der Waals surface area contributed by atoms with Crippen LogP contribution in [0.3, 0.4) is 0 Å². The van der Waals surface area contributed by atoms with E-state index < -0.39 is 29.7 Å². The summed E-state index contributed by atoms with van der Waals surface area (Å²) in [5.41, 5.74) is 5.47. The minimum Gasteiger partial charge on any atom is -0.460 e. The van der Waals surface area contributed by atoms with Crippen LogP contribution in [0.2, 0.25) is 12.1 Å². The molecule has 0 aromatic rings. The topological polar surface area (TPSA) is 140 Å². The van der Waals surface area contributed by atoms with Crippen molar-refractivity contribution < 1.29 is 41.2 Å². The minimum absolute atomic E-state index is 0.0482. The molecular formula is C25H56N2O9Si2. The highest BCUT2D eigenvalue weighted by Gasteiger charge is 2.40. The monoisotopic (exact) mass is 584 g/mol. The predicted molar refractivity (Wildman–Crippen MR) is 154 cm³/mol. The zero-order chi connectivity index (χ0) is 29.1. The number of carbonyl (C=O) groups excluding carboxylic acids is 1. The van der Waals surface area contributed by atoms with Crippen LogP contribution in [0.4, 0.5) is 0 Å². The molecule has 1 atom stereocenters. The third-order valence-electron chi connectivity index (χ3n) is 4.92. The Kier molecular flexibility index (Phi) is 27.5. The van der Waals surface area contributed by atoms with Crippen LogP contribution in [0.1, 0.15) is 60.8 Å². The first-order valence-corrected chi connectivity index (χ1v) is 17.9. The number of nitrogens with one attached hydrogen (secondary N) is 1. The van der Waals surface area contributed by atoms with E-state index in [2.05, 4.69) is 11.9 Å². The Balaban J connectivity index is 0. The molecule has 0 rings (SSSR count). The first-order valence-electron chi connectivity index (χ1n) is 14.0. The second-order valence-corrected chi connectivity index (χ2v) is 13.5. The number of carbonyl (C=O) groups is 1. The Morgan fingerprint density at radius 3 is 1.61 bits per heavy atom. The van der Waals surface area contributed by atoms with E-state index in [-0.39, 0.29) is 6.61 Å². The quantitative estimate of drug-likeness (QED) is 0.0631. The summed E-state index contributed by atoms with van der Waals surface area (Å²) >= 11 is 0. The lowest BCUT2D eigenvalue weighted by Gasteiger charge is -2.28. The van der Waals surface area contributed by atoms with Gasteiger partial charge in [-0.15, -0.1) is 0 Å². The summed E-state index contributed by atoms with van der Waals surface area (Å²) in [6.45, 7) is 20.3. The van der Waals surface area contributed by atoms with Crippen LogP contribution < -0.4 is 11.1 Å². The Morgan fingerprint density at radius 1 is 0.816 bits per heavy atom. The fraction of sp³-hybridized carbons (Fsp3) is 0.880. The number of aliphatic hydroxyl groups excluding tert-OH is 1. The summed E-state index contributed by atoms with van der Waals surface area (Å²) in [6.07, 6.45) is 3.15. The normalized spacial score (nSPS) is 12.5. The molecule has 0 fully saturated rings. The molecule has 38 heavy (non-hydrogen) atoms. The van der Waals surface area contributed by atoms with Gasteiger partial charge in [0.05, 0.1) is 0 Å². The van der Waals surface area contributed by atoms with Crippen LogP contribution in [0.15, 0.2) is 12.7 Å². The number of esters is 1. The highest BCUT2D eigenvalue weighted by molar-refractivity contribution is 6.61. The molecule has 0 bridgehead atoms. The second kappa shape index (κ2) is 26.5. The van der Waals surface area contributed by atoms with Gasteiger partial charge in [0.15, 0.2) is 0 Å². The lowest BCUT2D eigenvalue weighted by molar-refractivity contribution is -0.140. The Morgan fingerprint density at radius 2 is 1.24 bits per heavy atom. The van der Waals surface area contributed by atoms with Crippen LogP contribution in [-0.4, -0.2) is 101 Å². The van der Waals surface area contributed by atoms with Crippen molar-refractivity contribution in [1.82, 2.24) is 5.32 Å². The van der Waals surface area contributed by atoms with Gasteiger partial charge in [-0.05, 0) is 73.9 Å². The van der Waals surface area contributed by atoms with Gasteiger partial charge in [0, 0.05) is 64.4 Å². The summed E-state index contributed by atoms with van der Waals surface area (Å²) < 4.78 is 39.2. The van der Waals surface area contributed by atoms with E-state index in [1.165, 1.54) is 0 Å². The maximum atomic E-state index is 10.9. The molecule has 0 aromatic carbocycles. The molecule has 0 saturated heterocycles. The smallest absolute Gasteiger partial charge is 0.460 e. The molecule has 0 spiro atoms. The van der Waals surface area contributed by atoms with Crippen molar-refractivity contribution in [3.05, 3.63) is 12.7 Å². The number of nitrogens with two attached hydrogens (primary N) is 1. The highest BCUT2D eigenvalue weighted by atomic mass is 28.4. The summed E-state index contributed by atoms with van der Waals surface area (Å²) in [6, 6.07) is 1.59. The summed E-state index contributed by atoms with van der Waals surface area (Å²) in [5.74, 6) is -0.537. The van der Waals surface area contributed by atoms with E-state index in [0.29, 0.717) is 52.7 Å². The molecule has 1 unspecified atom stereocenters. The van der Waals surface area contributed by atoms with Crippen molar-refractivity contribution in [1.29, 1.82) is 0 Å². The number of ether oxygens (including phenoxy) is 1. The van der Waals surface area contributed by atoms with Crippen LogP contribution in [0, 0.1) is 0 Å². The van der Waals surface area contributed by atoms with Crippen molar-refractivity contribution >= 4 is 23.6 Å². The first-order chi connectivity index (χ1) is 18.3. The minimum atomic E-state index is -2.59. The van der Waals surface area contributed by atoms with Crippen molar-refractivity contribution in [2.75, 3.05) is 65.9 Å². The van der Waals surface area contributed by atoms with E-state index in [0.717, 1.165) is 44.0 Å². The third kappa shape index (κ3) is 20.2. The van der Waals surface area contributed by atoms with Crippen molar-refractivity contribution in [2.24, 2.45) is 5.73 Å². The van der Waals surface area contributed by atoms with Crippen LogP contribution >= 0.6 is 0 Å². The maximum absolute atomic E-state index is 10.9. The molecule has 0 aliphatic heterocycles. The molecular weight excluding hydrogens is 528 g/mol. The highest BCUT2D eigenvalue weighted by Crippen LogP contribution is 2.19. The Bertz CT molecular complexity index is 529. The van der Waals surface area contributed by atoms with Gasteiger partial charge in [0.2, 0.25) is 0 Å². The standard InChI is InChI=1S/C15H31NO6Si.C10H25NO3Si/c1-5-15(18)19-13-14(17)12-16-10-9-11-23(20-6-2,21-7-3)22-8-4;1-4-12-15(13-5-2,14-6-3)10-8-7-9-11/h5,14,16-17H,1,6-13H2,2-4H3;4-11H2,1-3H3. The number of unbranched alkanes of at least 4 members (excludes halogenated alkanes) is 1. The van der Waals surface area contributed by atoms with Crippen molar-refractivity contribution in [3.8, 4) is 0 Å². The fourth-order valence-electron chi connectivity index (χ4n) is 3.48. The van der Waals surface area contributed by atoms with E-state index in [4.69, 9.17) is 37.0 Å². The first kappa shape index (κ1) is 39.4. The lowest BCUT2D eigenvalue weighted by Crippen LogP contribution is -2.46. The summed E-state index contributed by atoms with van der Waals surface area (Å²) in [5, 5.41) is 12.8. The molecule has 0 amide bonds. The van der Waals surface area contributed by atoms with Crippen LogP contribution in [-0.2, 0) is 36.1 Å². The van der Waals surface area contributed by atoms with Gasteiger partial charge in [0.1, 0.15) is 12.7 Å². The molecule has 13 heteroatoms. The molecule has 11 nitrogen and oxygen atoms in total. The maximum Gasteiger partial charge on any atom is 0.500 e. The van der Waals surface area contributed by atoms with Crippen molar-refractivity contribution in [3.63, 3.8) is 0 Å². The third-order valence-corrected chi connectivity index (χ3v) is 11.2. The zero-order valence-corrected chi connectivity index (χ0v) is 26.8. The summed E-state index contributed by atoms with van der Waals surface area (Å²) in [4.78, 5) is 10.9. The molecule has 0 saturated carbocycles. The van der Waals surface area contributed by atoms with E-state index in [1.807, 2.05) is 41.5 Å². The largest absolute Gasteiger partial charge is 0.500 e. The molecule has 0 aromatic heterocycles. The fourth-order valence-corrected chi connectivity index (χ4v) is 8.78. The number of hydrogen-bond acceptors (Lipinski definition) is 11. The number of aliphatic hydroxyl groups is 1. The molecule has 0 aliphatic carbocycles. The van der Waals surface area contributed by atoms with Gasteiger partial charge in [-0.1, -0.05) is 6.58 Å². The van der Waals surface area contributed by atoms with Gasteiger partial charge < -0.3 is 47.4 Å². The van der Waals surface area contributed by atoms with E-state index in [1.54, 1.807) is 0 Å². The van der Waals surface area contributed by atoms with Gasteiger partial charge in [-0.2, -0.15) is 0 Å². The second-order valence-electron chi connectivity index (χ2n) is 8.01. The van der Waals surface area contributed by atoms with Gasteiger partial charge >= 0.3 is 23.6 Å². The van der Waals surface area contributed by atoms with Crippen LogP contribution in [0.5, 0.6) is 0 Å². The summed E-state index contributed by atoms with van der Waals surface area (Å²) in [7, 11) is -4.98. The average molecular weight is 585 g/mol. The lowest BCUT2D eigenvalue weighted by atomic mass is 10.3. The number of rotatable bonds is 25. The predicted octanol–water partition coefficient (Wildman–Crippen LogP) is 2.88. The van der Waals surface area contributed by atoms with Crippen molar-refractivity contribution in [2.45, 2.75) is 79.0 Å². The van der Waals surface area contributed by atoms with Crippen LogP contribution in [0.25, 0.3) is 0 Å². The molecule has 0 radical (unpaired) electrons. The van der Waals surface area contributed by atoms with Gasteiger partial charge in [-0.3, -0.25) is 0 Å². The van der Waals surface area contributed by atoms with E-state index >= 15 is 0 Å². The van der Waals surface area contributed by atoms with Gasteiger partial charge in [-0.25, -0.2) is 4.79 Å². The zero-order valence-electron chi connectivity index (χ0n) is 24.8. The molecule has 228 valence electrons. The Labute approximate surface area is 233 Å². The van der Waals surface area contributed by atoms with E-state index in [9.17, 15) is 9.90 Å². The SMILES string of the molecule is C=CC(=O)OCC(O)CNCCC[Si](OCC)(OCC)OCC.CCO[Si](CCCCN)(OCC)OCC.